The second-order valence-corrected chi connectivity index (χ2v) is 8.04. The monoisotopic (exact) mass is 194 g/mol. The molecular formula is C10H14N2S. The molecule has 2 nitrogen and oxygen atoms in total. The predicted octanol–water partition coefficient (Wildman–Crippen LogP) is 2.62. The molecule has 0 spiro atoms. The van der Waals surface area contributed by atoms with E-state index in [0.717, 1.165) is 5.52 Å². The van der Waals surface area contributed by atoms with Crippen LogP contribution < -0.4 is 0 Å². The van der Waals surface area contributed by atoms with Crippen LogP contribution in [0.15, 0.2) is 29.3 Å². The zero-order valence-corrected chi connectivity index (χ0v) is 8.98. The van der Waals surface area contributed by atoms with E-state index >= 15 is 0 Å². The Bertz CT molecular complexity index is 426. The molecule has 2 aromatic rings. The minimum atomic E-state index is -0.659. The van der Waals surface area contributed by atoms with Gasteiger partial charge in [0, 0.05) is 10.3 Å². The number of benzene rings is 1. The number of nitrogens with one attached hydrogen (secondary N) is 1. The quantitative estimate of drug-likeness (QED) is 0.742. The van der Waals surface area contributed by atoms with Crippen molar-refractivity contribution in [3.8, 4) is 0 Å². The van der Waals surface area contributed by atoms with Gasteiger partial charge in [-0.2, -0.15) is 5.10 Å². The van der Waals surface area contributed by atoms with Gasteiger partial charge >= 0.3 is 0 Å². The highest BCUT2D eigenvalue weighted by Crippen LogP contribution is 2.47. The van der Waals surface area contributed by atoms with E-state index in [1.807, 2.05) is 6.20 Å². The van der Waals surface area contributed by atoms with Gasteiger partial charge in [-0.1, -0.05) is 6.07 Å². The predicted molar refractivity (Wildman–Crippen MR) is 59.7 cm³/mol. The van der Waals surface area contributed by atoms with E-state index in [4.69, 9.17) is 0 Å². The van der Waals surface area contributed by atoms with Crippen LogP contribution in [0.25, 0.3) is 10.9 Å². The first kappa shape index (κ1) is 8.63. The molecule has 0 aliphatic rings. The first-order chi connectivity index (χ1) is 6.09. The molecule has 2 rings (SSSR count). The molecule has 1 aromatic heterocycles. The van der Waals surface area contributed by atoms with E-state index in [1.54, 1.807) is 0 Å². The first-order valence-electron chi connectivity index (χ1n) is 4.19. The van der Waals surface area contributed by atoms with Crippen molar-refractivity contribution in [2.75, 3.05) is 18.8 Å². The lowest BCUT2D eigenvalue weighted by Crippen LogP contribution is -1.92. The SMILES string of the molecule is CS(C)(C)c1cccc2[nH]ncc12. The Balaban J connectivity index is 2.75. The standard InChI is InChI=1S/C10H14N2S/c1-13(2,3)10-6-4-5-9-8(10)7-11-12-9/h4-7H,1-3H3,(H,11,12). The number of H-pyrrole nitrogens is 1. The molecule has 0 fully saturated rings. The van der Waals surface area contributed by atoms with Crippen LogP contribution in [0, 0.1) is 0 Å². The third-order valence-electron chi connectivity index (χ3n) is 2.10. The van der Waals surface area contributed by atoms with E-state index in [-0.39, 0.29) is 0 Å². The fourth-order valence-corrected chi connectivity index (χ4v) is 2.78. The zero-order chi connectivity index (χ0) is 9.47. The largest absolute Gasteiger partial charge is 0.278 e. The second-order valence-electron chi connectivity index (χ2n) is 3.92. The molecule has 0 aliphatic carbocycles. The van der Waals surface area contributed by atoms with Crippen LogP contribution in [-0.4, -0.2) is 29.0 Å². The van der Waals surface area contributed by atoms with E-state index in [9.17, 15) is 0 Å². The van der Waals surface area contributed by atoms with Crippen LogP contribution in [0.4, 0.5) is 0 Å². The summed E-state index contributed by atoms with van der Waals surface area (Å²) in [5.41, 5.74) is 1.14. The van der Waals surface area contributed by atoms with Gasteiger partial charge < -0.3 is 0 Å². The van der Waals surface area contributed by atoms with Crippen molar-refractivity contribution in [1.29, 1.82) is 0 Å². The van der Waals surface area contributed by atoms with Crippen molar-refractivity contribution in [2.24, 2.45) is 0 Å². The fraction of sp³-hybridized carbons (Fsp3) is 0.300. The summed E-state index contributed by atoms with van der Waals surface area (Å²) >= 11 is 0. The Hall–Kier alpha value is -0.960. The molecule has 0 unspecified atom stereocenters. The molecular weight excluding hydrogens is 180 g/mol. The molecule has 70 valence electrons. The van der Waals surface area contributed by atoms with Crippen LogP contribution >= 0.6 is 10.0 Å². The third-order valence-corrected chi connectivity index (χ3v) is 3.78. The van der Waals surface area contributed by atoms with Crippen LogP contribution in [0.3, 0.4) is 0 Å². The summed E-state index contributed by atoms with van der Waals surface area (Å²) in [6, 6.07) is 6.36. The van der Waals surface area contributed by atoms with E-state index < -0.39 is 10.0 Å². The number of aromatic nitrogens is 2. The van der Waals surface area contributed by atoms with Crippen LogP contribution in [0.2, 0.25) is 0 Å². The first-order valence-corrected chi connectivity index (χ1v) is 7.05. The smallest absolute Gasteiger partial charge is 0.0661 e. The van der Waals surface area contributed by atoms with Gasteiger partial charge in [0.15, 0.2) is 0 Å². The Labute approximate surface area is 79.7 Å². The Morgan fingerprint density at radius 2 is 2.00 bits per heavy atom. The molecule has 0 atom stereocenters. The summed E-state index contributed by atoms with van der Waals surface area (Å²) in [5, 5.41) is 8.33. The minimum Gasteiger partial charge on any atom is -0.278 e. The highest BCUT2D eigenvalue weighted by atomic mass is 32.3. The lowest BCUT2D eigenvalue weighted by atomic mass is 10.3. The van der Waals surface area contributed by atoms with Crippen molar-refractivity contribution < 1.29 is 0 Å². The molecule has 1 aromatic carbocycles. The van der Waals surface area contributed by atoms with Gasteiger partial charge in [0.05, 0.1) is 11.7 Å². The van der Waals surface area contributed by atoms with E-state index in [0.29, 0.717) is 0 Å². The molecule has 3 heteroatoms. The lowest BCUT2D eigenvalue weighted by Gasteiger charge is -2.26. The van der Waals surface area contributed by atoms with Crippen LogP contribution in [0.5, 0.6) is 0 Å². The van der Waals surface area contributed by atoms with Gasteiger partial charge in [0.1, 0.15) is 0 Å². The fourth-order valence-electron chi connectivity index (χ4n) is 1.48. The Morgan fingerprint density at radius 3 is 2.69 bits per heavy atom. The molecule has 13 heavy (non-hydrogen) atoms. The molecule has 0 radical (unpaired) electrons. The highest BCUT2D eigenvalue weighted by Gasteiger charge is 2.11. The molecule has 1 heterocycles. The highest BCUT2D eigenvalue weighted by molar-refractivity contribution is 8.32. The van der Waals surface area contributed by atoms with Crippen LogP contribution in [0.1, 0.15) is 0 Å². The summed E-state index contributed by atoms with van der Waals surface area (Å²) in [6.45, 7) is 0. The lowest BCUT2D eigenvalue weighted by molar-refractivity contribution is 1.12. The second kappa shape index (κ2) is 2.77. The van der Waals surface area contributed by atoms with Gasteiger partial charge in [0.25, 0.3) is 0 Å². The number of hydrogen-bond donors (Lipinski definition) is 1. The van der Waals surface area contributed by atoms with Gasteiger partial charge in [-0.15, -0.1) is 0 Å². The maximum absolute atomic E-state index is 4.06. The summed E-state index contributed by atoms with van der Waals surface area (Å²) < 4.78 is 0. The van der Waals surface area contributed by atoms with Crippen LogP contribution in [-0.2, 0) is 0 Å². The van der Waals surface area contributed by atoms with Crippen molar-refractivity contribution in [2.45, 2.75) is 4.90 Å². The van der Waals surface area contributed by atoms with E-state index in [2.05, 4.69) is 47.2 Å². The molecule has 1 N–H and O–H groups in total. The summed E-state index contributed by atoms with van der Waals surface area (Å²) in [6.07, 6.45) is 8.82. The number of hydrogen-bond acceptors (Lipinski definition) is 1. The van der Waals surface area contributed by atoms with Crippen molar-refractivity contribution >= 4 is 20.9 Å². The number of aromatic amines is 1. The van der Waals surface area contributed by atoms with Crippen molar-refractivity contribution in [3.63, 3.8) is 0 Å². The average molecular weight is 194 g/mol. The van der Waals surface area contributed by atoms with Gasteiger partial charge in [-0.3, -0.25) is 5.10 Å². The number of nitrogens with zero attached hydrogens (tertiary/aromatic N) is 1. The Morgan fingerprint density at radius 1 is 1.23 bits per heavy atom. The number of rotatable bonds is 1. The summed E-state index contributed by atoms with van der Waals surface area (Å²) in [4.78, 5) is 1.43. The maximum atomic E-state index is 4.06. The molecule has 0 amide bonds. The Kier molecular flexibility index (Phi) is 1.84. The maximum Gasteiger partial charge on any atom is 0.0661 e. The van der Waals surface area contributed by atoms with Gasteiger partial charge in [-0.05, 0) is 30.9 Å². The van der Waals surface area contributed by atoms with Gasteiger partial charge in [0.2, 0.25) is 0 Å². The van der Waals surface area contributed by atoms with Crippen molar-refractivity contribution in [3.05, 3.63) is 24.4 Å². The minimum absolute atomic E-state index is 0.659. The average Bonchev–Trinajstić information content (AvgIpc) is 2.48. The normalized spacial score (nSPS) is 13.5. The molecule has 0 aliphatic heterocycles. The molecule has 0 saturated heterocycles. The third kappa shape index (κ3) is 1.44. The van der Waals surface area contributed by atoms with E-state index in [1.165, 1.54) is 10.3 Å². The van der Waals surface area contributed by atoms with Crippen molar-refractivity contribution in [1.82, 2.24) is 10.2 Å². The zero-order valence-electron chi connectivity index (χ0n) is 8.16. The number of fused-ring (bicyclic) bond motifs is 1. The molecule has 0 saturated carbocycles. The molecule has 0 bridgehead atoms. The van der Waals surface area contributed by atoms with Gasteiger partial charge in [-0.25, -0.2) is 10.0 Å². The summed E-state index contributed by atoms with van der Waals surface area (Å²) in [7, 11) is -0.659. The summed E-state index contributed by atoms with van der Waals surface area (Å²) in [5.74, 6) is 0. The topological polar surface area (TPSA) is 28.7 Å².